The van der Waals surface area contributed by atoms with Gasteiger partial charge >= 0.3 is 0 Å². The maximum atomic E-state index is 9.00. The minimum absolute atomic E-state index is 0.225. The number of hydrogen-bond acceptors (Lipinski definition) is 4. The summed E-state index contributed by atoms with van der Waals surface area (Å²) in [6.45, 7) is 5.20. The average molecular weight is 286 g/mol. The molecule has 0 saturated heterocycles. The van der Waals surface area contributed by atoms with Crippen molar-refractivity contribution in [2.75, 3.05) is 6.61 Å². The Morgan fingerprint density at radius 3 is 2.40 bits per heavy atom. The van der Waals surface area contributed by atoms with Gasteiger partial charge in [-0.05, 0) is 13.8 Å². The highest BCUT2D eigenvalue weighted by atomic mass is 79.9. The number of hydroxylamine groups is 1. The molecular formula is C7H16BrN3O4. The van der Waals surface area contributed by atoms with E-state index in [4.69, 9.17) is 30.6 Å². The van der Waals surface area contributed by atoms with Crippen LogP contribution in [0, 0.1) is 5.41 Å². The Bertz CT molecular complexity index is 199. The fourth-order valence-corrected chi connectivity index (χ4v) is 0.688. The van der Waals surface area contributed by atoms with E-state index in [2.05, 4.69) is 16.1 Å². The molecule has 15 heavy (non-hydrogen) atoms. The lowest BCUT2D eigenvalue weighted by Crippen LogP contribution is -2.32. The van der Waals surface area contributed by atoms with Gasteiger partial charge in [-0.15, -0.1) is 4.09 Å². The van der Waals surface area contributed by atoms with Crippen LogP contribution >= 0.6 is 16.1 Å². The van der Waals surface area contributed by atoms with Gasteiger partial charge in [0.05, 0.1) is 16.1 Å². The molecule has 0 spiro atoms. The Balaban J connectivity index is 0. The zero-order valence-corrected chi connectivity index (χ0v) is 10.4. The molecule has 0 fully saturated rings. The van der Waals surface area contributed by atoms with Crippen LogP contribution in [0.1, 0.15) is 20.8 Å². The minimum atomic E-state index is -0.833. The average Bonchev–Trinajstić information content (AvgIpc) is 2.02. The summed E-state index contributed by atoms with van der Waals surface area (Å²) in [6.07, 6.45) is -0.414. The molecule has 90 valence electrons. The summed E-state index contributed by atoms with van der Waals surface area (Å²) in [7, 11) is 0. The number of ether oxygens (including phenoxy) is 1. The highest BCUT2D eigenvalue weighted by Crippen LogP contribution is 2.02. The summed E-state index contributed by atoms with van der Waals surface area (Å²) in [6, 6.07) is 0. The predicted octanol–water partition coefficient (Wildman–Crippen LogP) is 0.897. The summed E-state index contributed by atoms with van der Waals surface area (Å²) < 4.78 is 5.98. The normalized spacial score (nSPS) is 10.9. The number of aliphatic carboxylic acids is 1. The number of guanidine groups is 1. The summed E-state index contributed by atoms with van der Waals surface area (Å²) in [4.78, 5) is 13.9. The molecule has 0 radical (unpaired) electrons. The fraction of sp³-hybridized carbons (Fsp3) is 0.714. The minimum Gasteiger partial charge on any atom is -0.481 e. The molecule has 7 nitrogen and oxygen atoms in total. The number of carbonyl (C=O) groups is 1. The van der Waals surface area contributed by atoms with Gasteiger partial charge in [-0.3, -0.25) is 10.2 Å². The molecule has 0 rings (SSSR count). The van der Waals surface area contributed by atoms with Crippen LogP contribution in [0.25, 0.3) is 0 Å². The summed E-state index contributed by atoms with van der Waals surface area (Å²) in [5.41, 5.74) is 5.06. The molecule has 0 heterocycles. The number of carboxylic acids is 1. The number of nitrogens with two attached hydrogens (primary N) is 1. The second kappa shape index (κ2) is 9.69. The number of nitrogens with one attached hydrogen (secondary N) is 1. The van der Waals surface area contributed by atoms with Gasteiger partial charge in [-0.1, -0.05) is 0 Å². The molecular weight excluding hydrogens is 270 g/mol. The van der Waals surface area contributed by atoms with Crippen LogP contribution in [0.5, 0.6) is 0 Å². The molecule has 1 atom stereocenters. The number of halogens is 1. The maximum absolute atomic E-state index is 9.00. The second-order valence-corrected chi connectivity index (χ2v) is 2.92. The molecule has 0 aliphatic carbocycles. The molecule has 0 saturated carbocycles. The number of carboxylic acid groups (broad SMARTS) is 1. The van der Waals surface area contributed by atoms with E-state index in [0.29, 0.717) is 6.61 Å². The molecule has 1 unspecified atom stereocenters. The van der Waals surface area contributed by atoms with Gasteiger partial charge in [-0.25, -0.2) is 4.84 Å². The van der Waals surface area contributed by atoms with E-state index in [1.807, 2.05) is 6.92 Å². The Hall–Kier alpha value is -0.860. The zero-order chi connectivity index (χ0) is 12.4. The highest BCUT2D eigenvalue weighted by Gasteiger charge is 2.08. The summed E-state index contributed by atoms with van der Waals surface area (Å²) in [5, 5.41) is 14.3. The lowest BCUT2D eigenvalue weighted by molar-refractivity contribution is -0.196. The first-order valence-electron chi connectivity index (χ1n) is 4.09. The predicted molar refractivity (Wildman–Crippen MR) is 58.2 cm³/mol. The van der Waals surface area contributed by atoms with Crippen LogP contribution in [0.2, 0.25) is 0 Å². The summed E-state index contributed by atoms with van der Waals surface area (Å²) >= 11 is 2.89. The van der Waals surface area contributed by atoms with E-state index >= 15 is 0 Å². The van der Waals surface area contributed by atoms with E-state index in [1.54, 1.807) is 6.92 Å². The summed E-state index contributed by atoms with van der Waals surface area (Å²) in [5.74, 6) is -1.06. The van der Waals surface area contributed by atoms with Gasteiger partial charge in [-0.2, -0.15) is 0 Å². The van der Waals surface area contributed by atoms with Crippen molar-refractivity contribution in [2.24, 2.45) is 5.73 Å². The lowest BCUT2D eigenvalue weighted by Gasteiger charge is -2.18. The van der Waals surface area contributed by atoms with Crippen molar-refractivity contribution >= 4 is 28.1 Å². The lowest BCUT2D eigenvalue weighted by atomic mass is 10.7. The molecule has 0 aromatic heterocycles. The van der Waals surface area contributed by atoms with E-state index in [1.165, 1.54) is 0 Å². The monoisotopic (exact) mass is 285 g/mol. The van der Waals surface area contributed by atoms with Gasteiger partial charge in [0, 0.05) is 13.5 Å². The largest absolute Gasteiger partial charge is 0.481 e. The van der Waals surface area contributed by atoms with Gasteiger partial charge in [0.25, 0.3) is 5.97 Å². The first-order valence-corrected chi connectivity index (χ1v) is 4.80. The van der Waals surface area contributed by atoms with Crippen LogP contribution in [0.4, 0.5) is 0 Å². The van der Waals surface area contributed by atoms with Crippen molar-refractivity contribution in [1.82, 2.24) is 4.09 Å². The van der Waals surface area contributed by atoms with Crippen LogP contribution in [-0.2, 0) is 14.4 Å². The second-order valence-electron chi connectivity index (χ2n) is 2.28. The van der Waals surface area contributed by atoms with E-state index in [9.17, 15) is 0 Å². The van der Waals surface area contributed by atoms with Crippen molar-refractivity contribution in [1.29, 1.82) is 5.41 Å². The SMILES string of the molecule is CC(=O)O.CCOC(C)ON(Br)C(=N)N. The third-order valence-corrected chi connectivity index (χ3v) is 1.38. The third kappa shape index (κ3) is 15.9. The fourth-order valence-electron chi connectivity index (χ4n) is 0.452. The van der Waals surface area contributed by atoms with Crippen molar-refractivity contribution in [3.8, 4) is 0 Å². The van der Waals surface area contributed by atoms with Crippen molar-refractivity contribution in [3.05, 3.63) is 0 Å². The Kier molecular flexibility index (Phi) is 10.7. The standard InChI is InChI=1S/C5H12BrN3O2.C2H4O2/c1-3-10-4(2)11-9(6)5(7)8;1-2(3)4/h4H,3H2,1-2H3,(H3,7,8);1H3,(H,3,4). The molecule has 0 aromatic rings. The molecule has 4 N–H and O–H groups in total. The molecule has 0 aromatic carbocycles. The van der Waals surface area contributed by atoms with E-state index < -0.39 is 12.3 Å². The number of rotatable bonds is 4. The molecule has 0 bridgehead atoms. The number of nitrogens with zero attached hydrogens (tertiary/aromatic N) is 1. The van der Waals surface area contributed by atoms with Gasteiger partial charge in [0.2, 0.25) is 5.96 Å². The first kappa shape index (κ1) is 16.6. The number of hydrogen-bond donors (Lipinski definition) is 3. The molecule has 8 heteroatoms. The van der Waals surface area contributed by atoms with E-state index in [-0.39, 0.29) is 5.96 Å². The van der Waals surface area contributed by atoms with Crippen LogP contribution in [0.15, 0.2) is 0 Å². The third-order valence-electron chi connectivity index (χ3n) is 0.832. The van der Waals surface area contributed by atoms with Gasteiger partial charge < -0.3 is 15.6 Å². The Morgan fingerprint density at radius 2 is 2.13 bits per heavy atom. The van der Waals surface area contributed by atoms with Crippen molar-refractivity contribution < 1.29 is 19.5 Å². The van der Waals surface area contributed by atoms with Gasteiger partial charge in [0.15, 0.2) is 6.29 Å². The highest BCUT2D eigenvalue weighted by molar-refractivity contribution is 9.07. The van der Waals surface area contributed by atoms with E-state index in [0.717, 1.165) is 11.0 Å². The van der Waals surface area contributed by atoms with Crippen LogP contribution in [0.3, 0.4) is 0 Å². The van der Waals surface area contributed by atoms with Gasteiger partial charge in [0.1, 0.15) is 0 Å². The smallest absolute Gasteiger partial charge is 0.300 e. The zero-order valence-electron chi connectivity index (χ0n) is 8.86. The van der Waals surface area contributed by atoms with Crippen molar-refractivity contribution in [3.63, 3.8) is 0 Å². The van der Waals surface area contributed by atoms with Crippen LogP contribution < -0.4 is 5.73 Å². The molecule has 0 aliphatic rings. The molecule has 0 aliphatic heterocycles. The Labute approximate surface area is 96.9 Å². The van der Waals surface area contributed by atoms with Crippen LogP contribution in [-0.4, -0.2) is 34.0 Å². The topological polar surface area (TPSA) is 109 Å². The Morgan fingerprint density at radius 1 is 1.73 bits per heavy atom. The quantitative estimate of drug-likeness (QED) is 0.233. The maximum Gasteiger partial charge on any atom is 0.300 e. The molecule has 0 amide bonds. The first-order chi connectivity index (χ1) is 6.81. The van der Waals surface area contributed by atoms with Crippen molar-refractivity contribution in [2.45, 2.75) is 27.1 Å².